The summed E-state index contributed by atoms with van der Waals surface area (Å²) in [6, 6.07) is 0.480. The van der Waals surface area contributed by atoms with Gasteiger partial charge in [0.25, 0.3) is 0 Å². The van der Waals surface area contributed by atoms with Gasteiger partial charge in [0.1, 0.15) is 0 Å². The van der Waals surface area contributed by atoms with Crippen molar-refractivity contribution in [1.29, 1.82) is 0 Å². The summed E-state index contributed by atoms with van der Waals surface area (Å²) in [5, 5.41) is 0.594. The van der Waals surface area contributed by atoms with Crippen LogP contribution in [0, 0.1) is 5.92 Å². The van der Waals surface area contributed by atoms with Gasteiger partial charge < -0.3 is 11.5 Å². The predicted molar refractivity (Wildman–Crippen MR) is 75.6 cm³/mol. The van der Waals surface area contributed by atoms with E-state index in [2.05, 4.69) is 16.8 Å². The quantitative estimate of drug-likeness (QED) is 0.877. The van der Waals surface area contributed by atoms with Crippen molar-refractivity contribution in [2.75, 3.05) is 12.3 Å². The molecule has 1 amide bonds. The van der Waals surface area contributed by atoms with Crippen molar-refractivity contribution in [3.05, 3.63) is 11.1 Å². The monoisotopic (exact) mass is 290 g/mol. The average Bonchev–Trinajstić information content (AvgIpc) is 2.67. The second-order valence-electron chi connectivity index (χ2n) is 4.62. The van der Waals surface area contributed by atoms with Crippen molar-refractivity contribution in [2.24, 2.45) is 11.7 Å². The van der Waals surface area contributed by atoms with Gasteiger partial charge in [0, 0.05) is 30.2 Å². The zero-order valence-corrected chi connectivity index (χ0v) is 12.0. The Morgan fingerprint density at radius 2 is 2.33 bits per heavy atom. The number of nitrogens with two attached hydrogens (primary N) is 2. The van der Waals surface area contributed by atoms with Crippen LogP contribution in [-0.2, 0) is 11.3 Å². The van der Waals surface area contributed by atoms with E-state index >= 15 is 0 Å². The topological polar surface area (TPSA) is 85.2 Å². The Morgan fingerprint density at radius 3 is 2.89 bits per heavy atom. The number of aromatic nitrogens is 1. The van der Waals surface area contributed by atoms with Crippen LogP contribution in [0.2, 0.25) is 0 Å². The van der Waals surface area contributed by atoms with Gasteiger partial charge in [-0.15, -0.1) is 23.7 Å². The Bertz CT molecular complexity index is 412. The summed E-state index contributed by atoms with van der Waals surface area (Å²) in [4.78, 5) is 18.7. The number of amides is 1. The van der Waals surface area contributed by atoms with Gasteiger partial charge in [-0.1, -0.05) is 0 Å². The third-order valence-corrected chi connectivity index (χ3v) is 4.16. The predicted octanol–water partition coefficient (Wildman–Crippen LogP) is 1.23. The first-order valence-electron chi connectivity index (χ1n) is 5.80. The van der Waals surface area contributed by atoms with E-state index in [1.54, 1.807) is 6.20 Å². The average molecular weight is 291 g/mol. The van der Waals surface area contributed by atoms with Crippen LogP contribution in [0.5, 0.6) is 0 Å². The molecule has 2 unspecified atom stereocenters. The number of thiazole rings is 1. The van der Waals surface area contributed by atoms with E-state index in [1.807, 2.05) is 0 Å². The molecule has 7 heteroatoms. The fourth-order valence-electron chi connectivity index (χ4n) is 2.23. The van der Waals surface area contributed by atoms with Crippen LogP contribution in [0.3, 0.4) is 0 Å². The van der Waals surface area contributed by atoms with Crippen LogP contribution in [0.25, 0.3) is 0 Å². The number of anilines is 1. The molecule has 0 aliphatic carbocycles. The molecule has 1 aromatic rings. The van der Waals surface area contributed by atoms with Gasteiger partial charge in [0.15, 0.2) is 5.13 Å². The van der Waals surface area contributed by atoms with E-state index < -0.39 is 0 Å². The number of carbonyl (C=O) groups excluding carboxylic acids is 1. The zero-order chi connectivity index (χ0) is 12.4. The normalized spacial score (nSPS) is 24.5. The highest BCUT2D eigenvalue weighted by molar-refractivity contribution is 7.15. The smallest absolute Gasteiger partial charge is 0.221 e. The van der Waals surface area contributed by atoms with E-state index in [9.17, 15) is 4.79 Å². The van der Waals surface area contributed by atoms with Gasteiger partial charge in [-0.25, -0.2) is 4.98 Å². The summed E-state index contributed by atoms with van der Waals surface area (Å²) in [7, 11) is 0. The van der Waals surface area contributed by atoms with Crippen LogP contribution >= 0.6 is 23.7 Å². The molecule has 0 spiro atoms. The number of nitrogen functional groups attached to an aromatic ring is 1. The number of hydrogen-bond acceptors (Lipinski definition) is 5. The number of carbonyl (C=O) groups is 1. The molecule has 2 atom stereocenters. The molecule has 0 saturated carbocycles. The van der Waals surface area contributed by atoms with Gasteiger partial charge >= 0.3 is 0 Å². The Hall–Kier alpha value is -0.850. The van der Waals surface area contributed by atoms with Crippen molar-refractivity contribution in [3.8, 4) is 0 Å². The van der Waals surface area contributed by atoms with Gasteiger partial charge in [-0.2, -0.15) is 0 Å². The third-order valence-electron chi connectivity index (χ3n) is 3.34. The number of halogens is 1. The Morgan fingerprint density at radius 1 is 1.61 bits per heavy atom. The number of nitrogens with zero attached hydrogens (tertiary/aromatic N) is 2. The second kappa shape index (κ2) is 6.36. The molecule has 1 aliphatic heterocycles. The molecule has 0 radical (unpaired) electrons. The molecule has 102 valence electrons. The number of likely N-dealkylation sites (tertiary alicyclic amines) is 1. The van der Waals surface area contributed by atoms with Crippen molar-refractivity contribution < 1.29 is 4.79 Å². The van der Waals surface area contributed by atoms with Gasteiger partial charge in [0.05, 0.1) is 5.92 Å². The minimum Gasteiger partial charge on any atom is -0.375 e. The minimum absolute atomic E-state index is 0. The maximum atomic E-state index is 11.2. The number of rotatable bonds is 3. The number of piperidine rings is 1. The molecule has 0 aromatic carbocycles. The molecule has 2 rings (SSSR count). The van der Waals surface area contributed by atoms with Crippen LogP contribution in [0.4, 0.5) is 5.13 Å². The number of hydrogen-bond donors (Lipinski definition) is 2. The summed E-state index contributed by atoms with van der Waals surface area (Å²) in [5.41, 5.74) is 11.0. The number of primary amides is 1. The van der Waals surface area contributed by atoms with E-state index in [-0.39, 0.29) is 24.2 Å². The Kier molecular flexibility index (Phi) is 5.37. The lowest BCUT2D eigenvalue weighted by Crippen LogP contribution is -2.45. The van der Waals surface area contributed by atoms with E-state index in [1.165, 1.54) is 11.3 Å². The first kappa shape index (κ1) is 15.2. The molecular weight excluding hydrogens is 272 g/mol. The maximum Gasteiger partial charge on any atom is 0.221 e. The molecule has 1 aromatic heterocycles. The first-order valence-corrected chi connectivity index (χ1v) is 6.61. The maximum absolute atomic E-state index is 11.2. The molecule has 5 nitrogen and oxygen atoms in total. The largest absolute Gasteiger partial charge is 0.375 e. The Labute approximate surface area is 117 Å². The van der Waals surface area contributed by atoms with Crippen LogP contribution in [-0.4, -0.2) is 28.4 Å². The molecule has 4 N–H and O–H groups in total. The summed E-state index contributed by atoms with van der Waals surface area (Å²) < 4.78 is 0. The van der Waals surface area contributed by atoms with Crippen molar-refractivity contribution in [1.82, 2.24) is 9.88 Å². The molecular formula is C11H19ClN4OS. The van der Waals surface area contributed by atoms with Gasteiger partial charge in [0.2, 0.25) is 5.91 Å². The van der Waals surface area contributed by atoms with Crippen LogP contribution < -0.4 is 11.5 Å². The van der Waals surface area contributed by atoms with E-state index in [0.717, 1.165) is 30.8 Å². The fourth-order valence-corrected chi connectivity index (χ4v) is 2.94. The SMILES string of the molecule is CC1CCC(C(N)=O)CN1Cc1cnc(N)s1.Cl. The first-order chi connectivity index (χ1) is 8.06. The molecule has 1 saturated heterocycles. The van der Waals surface area contributed by atoms with Gasteiger partial charge in [-0.05, 0) is 19.8 Å². The summed E-state index contributed by atoms with van der Waals surface area (Å²) in [6.07, 6.45) is 3.72. The van der Waals surface area contributed by atoms with Crippen molar-refractivity contribution >= 4 is 34.8 Å². The second-order valence-corrected chi connectivity index (χ2v) is 5.77. The minimum atomic E-state index is -0.189. The highest BCUT2D eigenvalue weighted by Gasteiger charge is 2.28. The lowest BCUT2D eigenvalue weighted by molar-refractivity contribution is -0.124. The zero-order valence-electron chi connectivity index (χ0n) is 10.3. The van der Waals surface area contributed by atoms with Crippen molar-refractivity contribution in [3.63, 3.8) is 0 Å². The fraction of sp³-hybridized carbons (Fsp3) is 0.636. The standard InChI is InChI=1S/C11H18N4OS.ClH/c1-7-2-3-8(10(12)16)5-15(7)6-9-4-14-11(13)17-9;/h4,7-8H,2-3,5-6H2,1H3,(H2,12,16)(H2,13,14);1H. The molecule has 1 fully saturated rings. The van der Waals surface area contributed by atoms with Crippen molar-refractivity contribution in [2.45, 2.75) is 32.4 Å². The molecule has 2 heterocycles. The lowest BCUT2D eigenvalue weighted by atomic mass is 9.93. The Balaban J connectivity index is 0.00000162. The molecule has 1 aliphatic rings. The summed E-state index contributed by atoms with van der Waals surface area (Å²) in [5.74, 6) is -0.206. The lowest BCUT2D eigenvalue weighted by Gasteiger charge is -2.36. The summed E-state index contributed by atoms with van der Waals surface area (Å²) in [6.45, 7) is 3.73. The molecule has 18 heavy (non-hydrogen) atoms. The van der Waals surface area contributed by atoms with Crippen LogP contribution in [0.1, 0.15) is 24.6 Å². The van der Waals surface area contributed by atoms with Gasteiger partial charge in [-0.3, -0.25) is 9.69 Å². The highest BCUT2D eigenvalue weighted by atomic mass is 35.5. The van der Waals surface area contributed by atoms with Crippen LogP contribution in [0.15, 0.2) is 6.20 Å². The highest BCUT2D eigenvalue weighted by Crippen LogP contribution is 2.25. The van der Waals surface area contributed by atoms with E-state index in [4.69, 9.17) is 11.5 Å². The molecule has 0 bridgehead atoms. The van der Waals surface area contributed by atoms with E-state index in [0.29, 0.717) is 11.2 Å². The third kappa shape index (κ3) is 3.57. The summed E-state index contributed by atoms with van der Waals surface area (Å²) >= 11 is 1.50.